The molecule has 2 rings (SSSR count). The number of piperazine rings is 1. The third-order valence-corrected chi connectivity index (χ3v) is 3.79. The van der Waals surface area contributed by atoms with E-state index in [2.05, 4.69) is 16.7 Å². The summed E-state index contributed by atoms with van der Waals surface area (Å²) in [5.41, 5.74) is 5.82. The predicted octanol–water partition coefficient (Wildman–Crippen LogP) is 0.894. The third kappa shape index (κ3) is 3.16. The van der Waals surface area contributed by atoms with Gasteiger partial charge < -0.3 is 5.73 Å². The van der Waals surface area contributed by atoms with Crippen LogP contribution in [0, 0.1) is 0 Å². The van der Waals surface area contributed by atoms with E-state index in [-0.39, 0.29) is 0 Å². The number of hydrogen-bond donors (Lipinski definition) is 1. The molecule has 1 aliphatic heterocycles. The van der Waals surface area contributed by atoms with E-state index in [4.69, 9.17) is 5.73 Å². The molecule has 0 radical (unpaired) electrons. The molecule has 1 aliphatic carbocycles. The molecule has 0 unspecified atom stereocenters. The van der Waals surface area contributed by atoms with Crippen LogP contribution in [-0.4, -0.2) is 54.6 Å². The van der Waals surface area contributed by atoms with E-state index < -0.39 is 0 Å². The van der Waals surface area contributed by atoms with Crippen molar-refractivity contribution in [3.05, 3.63) is 0 Å². The first-order chi connectivity index (χ1) is 7.25. The highest BCUT2D eigenvalue weighted by molar-refractivity contribution is 4.82. The number of nitrogens with zero attached hydrogens (tertiary/aromatic N) is 2. The van der Waals surface area contributed by atoms with Crippen LogP contribution < -0.4 is 5.73 Å². The fourth-order valence-electron chi connectivity index (χ4n) is 2.99. The van der Waals surface area contributed by atoms with Crippen LogP contribution in [0.3, 0.4) is 0 Å². The largest absolute Gasteiger partial charge is 0.327 e. The van der Waals surface area contributed by atoms with Crippen molar-refractivity contribution in [2.45, 2.75) is 44.7 Å². The van der Waals surface area contributed by atoms with E-state index in [0.29, 0.717) is 6.04 Å². The van der Waals surface area contributed by atoms with Crippen molar-refractivity contribution in [3.8, 4) is 0 Å². The van der Waals surface area contributed by atoms with Crippen LogP contribution >= 0.6 is 0 Å². The fourth-order valence-corrected chi connectivity index (χ4v) is 2.99. The standard InChI is InChI=1S/C12H25N3/c1-11(13)10-14-6-8-15(9-7-14)12-4-2-3-5-12/h11-12H,2-10,13H2,1H3/t11-/m1/s1. The summed E-state index contributed by atoms with van der Waals surface area (Å²) in [5, 5.41) is 0. The van der Waals surface area contributed by atoms with Crippen molar-refractivity contribution in [1.82, 2.24) is 9.80 Å². The number of nitrogens with two attached hydrogens (primary N) is 1. The van der Waals surface area contributed by atoms with Gasteiger partial charge in [-0.1, -0.05) is 12.8 Å². The van der Waals surface area contributed by atoms with Gasteiger partial charge in [-0.15, -0.1) is 0 Å². The van der Waals surface area contributed by atoms with Gasteiger partial charge in [-0.25, -0.2) is 0 Å². The van der Waals surface area contributed by atoms with E-state index in [1.807, 2.05) is 0 Å². The van der Waals surface area contributed by atoms with Crippen LogP contribution in [0.1, 0.15) is 32.6 Å². The van der Waals surface area contributed by atoms with Crippen LogP contribution in [0.2, 0.25) is 0 Å². The lowest BCUT2D eigenvalue weighted by Gasteiger charge is -2.38. The molecule has 0 amide bonds. The summed E-state index contributed by atoms with van der Waals surface area (Å²) in [4.78, 5) is 5.21. The molecule has 1 saturated carbocycles. The average Bonchev–Trinajstić information content (AvgIpc) is 2.71. The van der Waals surface area contributed by atoms with Crippen LogP contribution in [0.25, 0.3) is 0 Å². The molecular formula is C12H25N3. The molecule has 0 bridgehead atoms. The van der Waals surface area contributed by atoms with Crippen molar-refractivity contribution in [1.29, 1.82) is 0 Å². The topological polar surface area (TPSA) is 32.5 Å². The quantitative estimate of drug-likeness (QED) is 0.752. The summed E-state index contributed by atoms with van der Waals surface area (Å²) in [5.74, 6) is 0. The van der Waals surface area contributed by atoms with Crippen molar-refractivity contribution >= 4 is 0 Å². The minimum absolute atomic E-state index is 0.322. The van der Waals surface area contributed by atoms with E-state index in [1.165, 1.54) is 51.9 Å². The Labute approximate surface area is 93.6 Å². The van der Waals surface area contributed by atoms with E-state index in [1.54, 1.807) is 0 Å². The maximum absolute atomic E-state index is 5.82. The van der Waals surface area contributed by atoms with Gasteiger partial charge in [-0.3, -0.25) is 9.80 Å². The van der Waals surface area contributed by atoms with Crippen molar-refractivity contribution < 1.29 is 0 Å². The van der Waals surface area contributed by atoms with Crippen LogP contribution in [0.4, 0.5) is 0 Å². The van der Waals surface area contributed by atoms with Crippen molar-refractivity contribution in [2.24, 2.45) is 5.73 Å². The molecular weight excluding hydrogens is 186 g/mol. The van der Waals surface area contributed by atoms with Gasteiger partial charge in [0, 0.05) is 44.8 Å². The monoisotopic (exact) mass is 211 g/mol. The zero-order valence-electron chi connectivity index (χ0n) is 9.99. The maximum Gasteiger partial charge on any atom is 0.0139 e. The molecule has 1 atom stereocenters. The third-order valence-electron chi connectivity index (χ3n) is 3.79. The van der Waals surface area contributed by atoms with Gasteiger partial charge in [0.15, 0.2) is 0 Å². The first kappa shape index (κ1) is 11.4. The number of hydrogen-bond acceptors (Lipinski definition) is 3. The molecule has 0 aromatic rings. The Bertz CT molecular complexity index is 179. The summed E-state index contributed by atoms with van der Waals surface area (Å²) in [7, 11) is 0. The first-order valence-electron chi connectivity index (χ1n) is 6.47. The minimum atomic E-state index is 0.322. The summed E-state index contributed by atoms with van der Waals surface area (Å²) >= 11 is 0. The normalized spacial score (nSPS) is 28.4. The van der Waals surface area contributed by atoms with Gasteiger partial charge >= 0.3 is 0 Å². The molecule has 0 aromatic carbocycles. The predicted molar refractivity (Wildman–Crippen MR) is 63.9 cm³/mol. The number of rotatable bonds is 3. The Hall–Kier alpha value is -0.120. The fraction of sp³-hybridized carbons (Fsp3) is 1.00. The molecule has 0 spiro atoms. The average molecular weight is 211 g/mol. The highest BCUT2D eigenvalue weighted by atomic mass is 15.3. The summed E-state index contributed by atoms with van der Waals surface area (Å²) in [6.07, 6.45) is 5.77. The van der Waals surface area contributed by atoms with Gasteiger partial charge in [0.2, 0.25) is 0 Å². The Morgan fingerprint density at radius 3 is 2.27 bits per heavy atom. The zero-order chi connectivity index (χ0) is 10.7. The molecule has 2 fully saturated rings. The van der Waals surface area contributed by atoms with Crippen molar-refractivity contribution in [2.75, 3.05) is 32.7 Å². The van der Waals surface area contributed by atoms with E-state index in [0.717, 1.165) is 12.6 Å². The molecule has 88 valence electrons. The Balaban J connectivity index is 1.71. The molecule has 1 saturated heterocycles. The van der Waals surface area contributed by atoms with E-state index >= 15 is 0 Å². The molecule has 0 aromatic heterocycles. The lowest BCUT2D eigenvalue weighted by Crippen LogP contribution is -2.51. The molecule has 2 aliphatic rings. The Kier molecular flexibility index (Phi) is 4.00. The molecule has 3 heteroatoms. The highest BCUT2D eigenvalue weighted by Gasteiger charge is 2.25. The smallest absolute Gasteiger partial charge is 0.0139 e. The van der Waals surface area contributed by atoms with Crippen LogP contribution in [0.5, 0.6) is 0 Å². The summed E-state index contributed by atoms with van der Waals surface area (Å²) < 4.78 is 0. The lowest BCUT2D eigenvalue weighted by atomic mass is 10.1. The van der Waals surface area contributed by atoms with Gasteiger partial charge in [0.1, 0.15) is 0 Å². The van der Waals surface area contributed by atoms with Crippen molar-refractivity contribution in [3.63, 3.8) is 0 Å². The lowest BCUT2D eigenvalue weighted by molar-refractivity contribution is 0.0952. The second-order valence-electron chi connectivity index (χ2n) is 5.25. The first-order valence-corrected chi connectivity index (χ1v) is 6.47. The minimum Gasteiger partial charge on any atom is -0.327 e. The Morgan fingerprint density at radius 2 is 1.73 bits per heavy atom. The second-order valence-corrected chi connectivity index (χ2v) is 5.25. The maximum atomic E-state index is 5.82. The van der Waals surface area contributed by atoms with Crippen LogP contribution in [0.15, 0.2) is 0 Å². The zero-order valence-corrected chi connectivity index (χ0v) is 9.99. The second kappa shape index (κ2) is 5.28. The molecule has 1 heterocycles. The molecule has 2 N–H and O–H groups in total. The highest BCUT2D eigenvalue weighted by Crippen LogP contribution is 2.24. The van der Waals surface area contributed by atoms with Gasteiger partial charge in [-0.2, -0.15) is 0 Å². The Morgan fingerprint density at radius 1 is 1.13 bits per heavy atom. The summed E-state index contributed by atoms with van der Waals surface area (Å²) in [6.45, 7) is 8.13. The SMILES string of the molecule is C[C@@H](N)CN1CCN(C2CCCC2)CC1. The van der Waals surface area contributed by atoms with Gasteiger partial charge in [-0.05, 0) is 19.8 Å². The molecule has 15 heavy (non-hydrogen) atoms. The van der Waals surface area contributed by atoms with Gasteiger partial charge in [0.05, 0.1) is 0 Å². The molecule has 3 nitrogen and oxygen atoms in total. The van der Waals surface area contributed by atoms with Crippen LogP contribution in [-0.2, 0) is 0 Å². The van der Waals surface area contributed by atoms with E-state index in [9.17, 15) is 0 Å². The van der Waals surface area contributed by atoms with Gasteiger partial charge in [0.25, 0.3) is 0 Å². The summed E-state index contributed by atoms with van der Waals surface area (Å²) in [6, 6.07) is 1.23.